The lowest BCUT2D eigenvalue weighted by Crippen LogP contribution is -2.24. The van der Waals surface area contributed by atoms with Crippen molar-refractivity contribution in [3.63, 3.8) is 0 Å². The van der Waals surface area contributed by atoms with Gasteiger partial charge in [0.05, 0.1) is 11.6 Å². The van der Waals surface area contributed by atoms with Gasteiger partial charge in [-0.3, -0.25) is 0 Å². The van der Waals surface area contributed by atoms with E-state index in [1.165, 1.54) is 6.08 Å². The Bertz CT molecular complexity index is 426. The summed E-state index contributed by atoms with van der Waals surface area (Å²) in [5, 5.41) is 19.2. The van der Waals surface area contributed by atoms with Crippen LogP contribution in [0.25, 0.3) is 0 Å². The van der Waals surface area contributed by atoms with E-state index >= 15 is 0 Å². The van der Waals surface area contributed by atoms with Gasteiger partial charge in [0.25, 0.3) is 0 Å². The summed E-state index contributed by atoms with van der Waals surface area (Å²) in [4.78, 5) is 0. The van der Waals surface area contributed by atoms with Gasteiger partial charge >= 0.3 is 0 Å². The van der Waals surface area contributed by atoms with Crippen molar-refractivity contribution in [2.24, 2.45) is 0 Å². The summed E-state index contributed by atoms with van der Waals surface area (Å²) >= 11 is 3.23. The number of alkyl halides is 1. The monoisotopic (exact) mass is 263 g/mol. The largest absolute Gasteiger partial charge is 0.379 e. The van der Waals surface area contributed by atoms with Gasteiger partial charge in [0.1, 0.15) is 5.60 Å². The molecule has 1 rings (SSSR count). The highest BCUT2D eigenvalue weighted by Crippen LogP contribution is 2.24. The van der Waals surface area contributed by atoms with Crippen molar-refractivity contribution in [1.29, 1.82) is 5.26 Å². The topological polar surface area (TPSA) is 44.0 Å². The molecule has 0 saturated heterocycles. The first-order valence-electron chi connectivity index (χ1n) is 4.32. The fourth-order valence-corrected chi connectivity index (χ4v) is 1.69. The van der Waals surface area contributed by atoms with Gasteiger partial charge in [-0.05, 0) is 23.8 Å². The quantitative estimate of drug-likeness (QED) is 0.673. The molecule has 0 heterocycles. The van der Waals surface area contributed by atoms with Gasteiger partial charge in [0.2, 0.25) is 0 Å². The van der Waals surface area contributed by atoms with Crippen LogP contribution in [-0.2, 0) is 5.60 Å². The molecule has 1 aromatic carbocycles. The average molecular weight is 264 g/mol. The smallest absolute Gasteiger partial charge is 0.125 e. The number of halogens is 1. The number of nitriles is 1. The fraction of sp³-hybridized carbons (Fsp3) is 0.167. The molecule has 0 bridgehead atoms. The second-order valence-electron chi connectivity index (χ2n) is 3.10. The van der Waals surface area contributed by atoms with Crippen LogP contribution in [0.1, 0.15) is 11.1 Å². The number of rotatable bonds is 3. The fourth-order valence-electron chi connectivity index (χ4n) is 1.20. The Morgan fingerprint density at radius 3 is 2.47 bits per heavy atom. The number of benzene rings is 1. The molecule has 15 heavy (non-hydrogen) atoms. The predicted octanol–water partition coefficient (Wildman–Crippen LogP) is 2.48. The third kappa shape index (κ3) is 2.57. The predicted molar refractivity (Wildman–Crippen MR) is 62.6 cm³/mol. The molecular formula is C12H10BrNO. The maximum Gasteiger partial charge on any atom is 0.125 e. The van der Waals surface area contributed by atoms with Gasteiger partial charge in [-0.15, -0.1) is 5.73 Å². The van der Waals surface area contributed by atoms with E-state index in [1.54, 1.807) is 24.3 Å². The zero-order chi connectivity index (χ0) is 11.3. The Morgan fingerprint density at radius 2 is 2.07 bits per heavy atom. The highest BCUT2D eigenvalue weighted by Gasteiger charge is 2.24. The molecule has 0 aliphatic rings. The van der Waals surface area contributed by atoms with Gasteiger partial charge in [0.15, 0.2) is 0 Å². The first kappa shape index (κ1) is 11.7. The Morgan fingerprint density at radius 1 is 1.47 bits per heavy atom. The highest BCUT2D eigenvalue weighted by atomic mass is 79.9. The maximum atomic E-state index is 10.2. The summed E-state index contributed by atoms with van der Waals surface area (Å²) in [6, 6.07) is 8.79. The van der Waals surface area contributed by atoms with Crippen LogP contribution >= 0.6 is 15.9 Å². The lowest BCUT2D eigenvalue weighted by Gasteiger charge is -2.21. The lowest BCUT2D eigenvalue weighted by atomic mass is 9.95. The Hall–Kier alpha value is -1.33. The van der Waals surface area contributed by atoms with Crippen molar-refractivity contribution >= 4 is 15.9 Å². The minimum atomic E-state index is -1.12. The maximum absolute atomic E-state index is 10.2. The summed E-state index contributed by atoms with van der Waals surface area (Å²) in [7, 11) is 0. The molecule has 0 aromatic heterocycles. The molecule has 0 fully saturated rings. The summed E-state index contributed by atoms with van der Waals surface area (Å²) in [5.74, 6) is 0. The van der Waals surface area contributed by atoms with Crippen LogP contribution in [0.3, 0.4) is 0 Å². The van der Waals surface area contributed by atoms with Crippen LogP contribution in [0.5, 0.6) is 0 Å². The van der Waals surface area contributed by atoms with Gasteiger partial charge in [-0.25, -0.2) is 0 Å². The molecule has 3 heteroatoms. The Labute approximate surface area is 97.3 Å². The second kappa shape index (κ2) is 4.95. The summed E-state index contributed by atoms with van der Waals surface area (Å²) < 4.78 is 0. The second-order valence-corrected chi connectivity index (χ2v) is 3.66. The zero-order valence-corrected chi connectivity index (χ0v) is 9.66. The van der Waals surface area contributed by atoms with Gasteiger partial charge in [-0.2, -0.15) is 5.26 Å². The normalized spacial score (nSPS) is 13.4. The van der Waals surface area contributed by atoms with E-state index in [2.05, 4.69) is 28.2 Å². The summed E-state index contributed by atoms with van der Waals surface area (Å²) in [6.45, 7) is 3.44. The van der Waals surface area contributed by atoms with E-state index in [0.29, 0.717) is 16.5 Å². The molecule has 1 N–H and O–H groups in total. The molecule has 0 radical (unpaired) electrons. The van der Waals surface area contributed by atoms with Crippen LogP contribution in [0.2, 0.25) is 0 Å². The third-order valence-corrected chi connectivity index (χ3v) is 2.91. The minimum Gasteiger partial charge on any atom is -0.379 e. The van der Waals surface area contributed by atoms with Crippen molar-refractivity contribution in [3.05, 3.63) is 53.8 Å². The minimum absolute atomic E-state index is 0.356. The van der Waals surface area contributed by atoms with E-state index in [9.17, 15) is 5.11 Å². The van der Waals surface area contributed by atoms with Crippen molar-refractivity contribution < 1.29 is 5.11 Å². The van der Waals surface area contributed by atoms with Crippen LogP contribution in [0.15, 0.2) is 42.7 Å². The Kier molecular flexibility index (Phi) is 3.88. The third-order valence-electron chi connectivity index (χ3n) is 2.06. The molecule has 1 aromatic rings. The van der Waals surface area contributed by atoms with Crippen molar-refractivity contribution in [1.82, 2.24) is 0 Å². The molecule has 0 amide bonds. The van der Waals surface area contributed by atoms with E-state index < -0.39 is 5.60 Å². The number of hydrogen-bond donors (Lipinski definition) is 1. The van der Waals surface area contributed by atoms with Crippen LogP contribution < -0.4 is 0 Å². The molecule has 0 saturated carbocycles. The molecule has 0 unspecified atom stereocenters. The SMILES string of the molecule is C=C=C[C@@](O)(CBr)c1ccc(C#N)cc1. The molecule has 2 nitrogen and oxygen atoms in total. The van der Waals surface area contributed by atoms with Crippen molar-refractivity contribution in [3.8, 4) is 6.07 Å². The van der Waals surface area contributed by atoms with Gasteiger partial charge < -0.3 is 5.11 Å². The van der Waals surface area contributed by atoms with Crippen LogP contribution in [-0.4, -0.2) is 10.4 Å². The number of hydrogen-bond acceptors (Lipinski definition) is 2. The van der Waals surface area contributed by atoms with E-state index in [0.717, 1.165) is 0 Å². The zero-order valence-electron chi connectivity index (χ0n) is 8.07. The average Bonchev–Trinajstić information content (AvgIpc) is 2.29. The molecule has 1 atom stereocenters. The summed E-state index contributed by atoms with van der Waals surface area (Å²) in [6.07, 6.45) is 1.49. The highest BCUT2D eigenvalue weighted by molar-refractivity contribution is 9.09. The first-order valence-corrected chi connectivity index (χ1v) is 5.44. The lowest BCUT2D eigenvalue weighted by molar-refractivity contribution is 0.118. The number of nitrogens with zero attached hydrogens (tertiary/aromatic N) is 1. The number of aliphatic hydroxyl groups is 1. The molecule has 0 spiro atoms. The Balaban J connectivity index is 3.14. The van der Waals surface area contributed by atoms with Gasteiger partial charge in [0, 0.05) is 5.33 Å². The standard InChI is InChI=1S/C12H10BrNO/c1-2-7-12(15,9-13)11-5-3-10(8-14)4-6-11/h3-7,15H,1,9H2/t12-/m1/s1. The molecule has 76 valence electrons. The van der Waals surface area contributed by atoms with E-state index in [-0.39, 0.29) is 0 Å². The molecule has 0 aliphatic carbocycles. The van der Waals surface area contributed by atoms with Crippen LogP contribution in [0, 0.1) is 11.3 Å². The molecule has 0 aliphatic heterocycles. The van der Waals surface area contributed by atoms with Gasteiger partial charge in [-0.1, -0.05) is 34.6 Å². The van der Waals surface area contributed by atoms with E-state index in [4.69, 9.17) is 5.26 Å². The van der Waals surface area contributed by atoms with Crippen molar-refractivity contribution in [2.45, 2.75) is 5.60 Å². The molecular weight excluding hydrogens is 254 g/mol. The first-order chi connectivity index (χ1) is 7.16. The van der Waals surface area contributed by atoms with Crippen molar-refractivity contribution in [2.75, 3.05) is 5.33 Å². The van der Waals surface area contributed by atoms with Crippen LogP contribution in [0.4, 0.5) is 0 Å². The summed E-state index contributed by atoms with van der Waals surface area (Å²) in [5.41, 5.74) is 2.72. The van der Waals surface area contributed by atoms with E-state index in [1.807, 2.05) is 6.07 Å².